The van der Waals surface area contributed by atoms with Gasteiger partial charge in [-0.05, 0) is 97.9 Å². The first-order chi connectivity index (χ1) is 14.2. The van der Waals surface area contributed by atoms with Gasteiger partial charge in [-0.2, -0.15) is 0 Å². The molecule has 4 rings (SSSR count). The molecule has 0 heterocycles. The van der Waals surface area contributed by atoms with Crippen molar-refractivity contribution in [2.75, 3.05) is 6.61 Å². The van der Waals surface area contributed by atoms with Crippen molar-refractivity contribution in [2.45, 2.75) is 98.0 Å². The van der Waals surface area contributed by atoms with E-state index in [0.717, 1.165) is 25.2 Å². The predicted molar refractivity (Wildman–Crippen MR) is 121 cm³/mol. The maximum atomic E-state index is 13.4. The lowest BCUT2D eigenvalue weighted by atomic mass is 9.46. The zero-order valence-corrected chi connectivity index (χ0v) is 19.7. The van der Waals surface area contributed by atoms with Crippen molar-refractivity contribution in [3.8, 4) is 0 Å². The SMILES string of the molecule is CC(CO)CCC[C@@H](C)[C@H]1CC[C@H]2[C@@H]3C(=O)C=C4C[C@@H](O)CC[C@]4(C)[C@H]3CC[C@]12C. The van der Waals surface area contributed by atoms with Gasteiger partial charge in [-0.1, -0.05) is 46.1 Å². The largest absolute Gasteiger partial charge is 0.396 e. The molecule has 3 nitrogen and oxygen atoms in total. The van der Waals surface area contributed by atoms with Crippen LogP contribution in [0.4, 0.5) is 0 Å². The summed E-state index contributed by atoms with van der Waals surface area (Å²) in [4.78, 5) is 13.4. The van der Waals surface area contributed by atoms with E-state index >= 15 is 0 Å². The molecule has 0 aromatic carbocycles. The van der Waals surface area contributed by atoms with Crippen LogP contribution in [0, 0.1) is 46.3 Å². The number of hydrogen-bond acceptors (Lipinski definition) is 3. The Labute approximate surface area is 183 Å². The number of aliphatic hydroxyl groups is 2. The Morgan fingerprint density at radius 3 is 2.57 bits per heavy atom. The standard InChI is InChI=1S/C27H44O3/c1-17(16-28)6-5-7-18(2)21-8-9-22-25-23(11-13-27(21,22)4)26(3)12-10-20(29)14-19(26)15-24(25)30/h15,17-18,20-23,25,28-29H,5-14,16H2,1-4H3/t17?,18-,20+,21-,22+,23+,25+,26+,27-/m1/s1. The third-order valence-corrected chi connectivity index (χ3v) is 10.3. The van der Waals surface area contributed by atoms with E-state index in [9.17, 15) is 15.0 Å². The molecular weight excluding hydrogens is 372 g/mol. The Morgan fingerprint density at radius 1 is 1.07 bits per heavy atom. The second kappa shape index (κ2) is 8.35. The quantitative estimate of drug-likeness (QED) is 0.598. The van der Waals surface area contributed by atoms with Gasteiger partial charge in [0, 0.05) is 12.5 Å². The van der Waals surface area contributed by atoms with E-state index in [0.29, 0.717) is 47.9 Å². The molecule has 0 aliphatic heterocycles. The molecule has 3 saturated carbocycles. The monoisotopic (exact) mass is 416 g/mol. The van der Waals surface area contributed by atoms with Crippen molar-refractivity contribution < 1.29 is 15.0 Å². The highest BCUT2D eigenvalue weighted by atomic mass is 16.3. The molecule has 0 radical (unpaired) electrons. The van der Waals surface area contributed by atoms with Crippen LogP contribution in [0.5, 0.6) is 0 Å². The highest BCUT2D eigenvalue weighted by molar-refractivity contribution is 5.94. The number of rotatable bonds is 6. The summed E-state index contributed by atoms with van der Waals surface area (Å²) >= 11 is 0. The fourth-order valence-corrected chi connectivity index (χ4v) is 8.44. The van der Waals surface area contributed by atoms with Crippen molar-refractivity contribution in [3.05, 3.63) is 11.6 Å². The summed E-state index contributed by atoms with van der Waals surface area (Å²) in [7, 11) is 0. The van der Waals surface area contributed by atoms with E-state index in [-0.39, 0.29) is 17.4 Å². The number of allylic oxidation sites excluding steroid dienone is 1. The minimum Gasteiger partial charge on any atom is -0.396 e. The number of carbonyl (C=O) groups excluding carboxylic acids is 1. The Morgan fingerprint density at radius 2 is 1.83 bits per heavy atom. The molecule has 4 aliphatic rings. The summed E-state index contributed by atoms with van der Waals surface area (Å²) in [6.45, 7) is 9.79. The molecule has 0 amide bonds. The first-order valence-electron chi connectivity index (χ1n) is 12.7. The minimum atomic E-state index is -0.257. The van der Waals surface area contributed by atoms with E-state index < -0.39 is 0 Å². The number of ketones is 1. The third-order valence-electron chi connectivity index (χ3n) is 10.3. The molecule has 0 aromatic heterocycles. The zero-order chi connectivity index (χ0) is 21.7. The van der Waals surface area contributed by atoms with Crippen molar-refractivity contribution in [1.82, 2.24) is 0 Å². The molecule has 0 bridgehead atoms. The van der Waals surface area contributed by atoms with Crippen LogP contribution in [-0.4, -0.2) is 28.7 Å². The van der Waals surface area contributed by atoms with Crippen LogP contribution in [0.25, 0.3) is 0 Å². The molecular formula is C27H44O3. The molecule has 4 aliphatic carbocycles. The van der Waals surface area contributed by atoms with E-state index in [1.807, 2.05) is 6.08 Å². The summed E-state index contributed by atoms with van der Waals surface area (Å²) in [5.74, 6) is 3.45. The lowest BCUT2D eigenvalue weighted by Crippen LogP contribution is -2.53. The molecule has 3 fully saturated rings. The fraction of sp³-hybridized carbons (Fsp3) is 0.889. The van der Waals surface area contributed by atoms with Crippen LogP contribution >= 0.6 is 0 Å². The molecule has 30 heavy (non-hydrogen) atoms. The van der Waals surface area contributed by atoms with Gasteiger partial charge >= 0.3 is 0 Å². The van der Waals surface area contributed by atoms with Gasteiger partial charge in [-0.3, -0.25) is 4.79 Å². The van der Waals surface area contributed by atoms with Crippen molar-refractivity contribution in [3.63, 3.8) is 0 Å². The van der Waals surface area contributed by atoms with Crippen LogP contribution in [0.3, 0.4) is 0 Å². The number of carbonyl (C=O) groups is 1. The van der Waals surface area contributed by atoms with Gasteiger partial charge in [0.2, 0.25) is 0 Å². The summed E-state index contributed by atoms with van der Waals surface area (Å²) in [6, 6.07) is 0. The highest BCUT2D eigenvalue weighted by Gasteiger charge is 2.61. The number of hydrogen-bond donors (Lipinski definition) is 2. The average Bonchev–Trinajstić information content (AvgIpc) is 3.06. The van der Waals surface area contributed by atoms with Gasteiger partial charge in [0.25, 0.3) is 0 Å². The van der Waals surface area contributed by atoms with E-state index in [4.69, 9.17) is 0 Å². The van der Waals surface area contributed by atoms with Crippen LogP contribution in [-0.2, 0) is 4.79 Å². The molecule has 3 heteroatoms. The van der Waals surface area contributed by atoms with E-state index in [1.165, 1.54) is 44.1 Å². The molecule has 9 atom stereocenters. The molecule has 0 spiro atoms. The molecule has 0 saturated heterocycles. The molecule has 0 aromatic rings. The molecule has 2 N–H and O–H groups in total. The lowest BCUT2D eigenvalue weighted by molar-refractivity contribution is -0.135. The van der Waals surface area contributed by atoms with Gasteiger partial charge in [0.1, 0.15) is 0 Å². The Balaban J connectivity index is 1.51. The van der Waals surface area contributed by atoms with E-state index in [2.05, 4.69) is 27.7 Å². The first-order valence-corrected chi connectivity index (χ1v) is 12.7. The smallest absolute Gasteiger partial charge is 0.159 e. The second-order valence-corrected chi connectivity index (χ2v) is 12.0. The normalized spacial score (nSPS) is 45.2. The topological polar surface area (TPSA) is 57.5 Å². The molecule has 170 valence electrons. The average molecular weight is 417 g/mol. The second-order valence-electron chi connectivity index (χ2n) is 12.0. The zero-order valence-electron chi connectivity index (χ0n) is 19.7. The predicted octanol–water partition coefficient (Wildman–Crippen LogP) is 5.54. The van der Waals surface area contributed by atoms with Crippen LogP contribution < -0.4 is 0 Å². The first kappa shape index (κ1) is 22.5. The summed E-state index contributed by atoms with van der Waals surface area (Å²) in [5, 5.41) is 19.5. The van der Waals surface area contributed by atoms with Gasteiger partial charge in [-0.15, -0.1) is 0 Å². The minimum absolute atomic E-state index is 0.128. The number of aliphatic hydroxyl groups excluding tert-OH is 2. The highest BCUT2D eigenvalue weighted by Crippen LogP contribution is 2.66. The van der Waals surface area contributed by atoms with Crippen LogP contribution in [0.1, 0.15) is 91.9 Å². The van der Waals surface area contributed by atoms with E-state index in [1.54, 1.807) is 0 Å². The third kappa shape index (κ3) is 3.62. The van der Waals surface area contributed by atoms with Gasteiger partial charge in [0.05, 0.1) is 6.10 Å². The van der Waals surface area contributed by atoms with Crippen LogP contribution in [0.15, 0.2) is 11.6 Å². The van der Waals surface area contributed by atoms with Gasteiger partial charge in [-0.25, -0.2) is 0 Å². The maximum Gasteiger partial charge on any atom is 0.159 e. The fourth-order valence-electron chi connectivity index (χ4n) is 8.44. The number of fused-ring (bicyclic) bond motifs is 5. The summed E-state index contributed by atoms with van der Waals surface area (Å²) in [5.41, 5.74) is 1.68. The van der Waals surface area contributed by atoms with Gasteiger partial charge < -0.3 is 10.2 Å². The maximum absolute atomic E-state index is 13.4. The van der Waals surface area contributed by atoms with Crippen molar-refractivity contribution in [2.24, 2.45) is 46.3 Å². The molecule has 1 unspecified atom stereocenters. The summed E-state index contributed by atoms with van der Waals surface area (Å²) in [6.07, 6.45) is 12.9. The Kier molecular flexibility index (Phi) is 6.27. The van der Waals surface area contributed by atoms with Crippen molar-refractivity contribution in [1.29, 1.82) is 0 Å². The van der Waals surface area contributed by atoms with Crippen molar-refractivity contribution >= 4 is 5.78 Å². The Bertz CT molecular complexity index is 684. The van der Waals surface area contributed by atoms with Crippen LogP contribution in [0.2, 0.25) is 0 Å². The van der Waals surface area contributed by atoms with Gasteiger partial charge in [0.15, 0.2) is 5.78 Å². The Hall–Kier alpha value is -0.670. The lowest BCUT2D eigenvalue weighted by Gasteiger charge is -2.57. The summed E-state index contributed by atoms with van der Waals surface area (Å²) < 4.78 is 0.